The molecule has 1 aliphatic heterocycles. The average Bonchev–Trinajstić information content (AvgIpc) is 3.41. The Labute approximate surface area is 205 Å². The maximum Gasteiger partial charge on any atom is 0.338 e. The third kappa shape index (κ3) is 4.56. The molecule has 1 aliphatic rings. The van der Waals surface area contributed by atoms with E-state index in [0.717, 1.165) is 4.90 Å². The van der Waals surface area contributed by atoms with E-state index in [1.54, 1.807) is 29.6 Å². The summed E-state index contributed by atoms with van der Waals surface area (Å²) in [6, 6.07) is 11.3. The zero-order chi connectivity index (χ0) is 25.1. The van der Waals surface area contributed by atoms with Gasteiger partial charge in [-0.2, -0.15) is 0 Å². The number of anilines is 2. The van der Waals surface area contributed by atoms with Crippen LogP contribution >= 0.6 is 11.3 Å². The molecule has 178 valence electrons. The largest absolute Gasteiger partial charge is 0.495 e. The minimum absolute atomic E-state index is 0.0877. The number of fused-ring (bicyclic) bond motifs is 1. The Morgan fingerprint density at radius 2 is 1.89 bits per heavy atom. The molecule has 0 atom stereocenters. The lowest BCUT2D eigenvalue weighted by molar-refractivity contribution is -0.115. The molecular weight excluding hydrogens is 470 g/mol. The molecule has 9 nitrogen and oxygen atoms in total. The summed E-state index contributed by atoms with van der Waals surface area (Å²) in [7, 11) is 1.52. The van der Waals surface area contributed by atoms with Crippen LogP contribution in [-0.4, -0.2) is 47.2 Å². The number of hydrogen-bond acceptors (Lipinski definition) is 8. The lowest BCUT2D eigenvalue weighted by atomic mass is 10.1. The maximum atomic E-state index is 12.6. The molecule has 1 aromatic heterocycles. The van der Waals surface area contributed by atoms with Gasteiger partial charge in [-0.05, 0) is 30.3 Å². The van der Waals surface area contributed by atoms with Crippen LogP contribution < -0.4 is 9.64 Å². The van der Waals surface area contributed by atoms with E-state index in [-0.39, 0.29) is 35.7 Å². The number of rotatable bonds is 8. The number of carbonyl (C=O) groups excluding carboxylic acids is 4. The molecule has 3 aromatic rings. The summed E-state index contributed by atoms with van der Waals surface area (Å²) in [5, 5.41) is 2.09. The molecule has 0 saturated carbocycles. The Morgan fingerprint density at radius 3 is 2.60 bits per heavy atom. The van der Waals surface area contributed by atoms with Gasteiger partial charge in [0.15, 0.2) is 5.13 Å². The van der Waals surface area contributed by atoms with Crippen molar-refractivity contribution in [3.8, 4) is 5.75 Å². The fourth-order valence-corrected chi connectivity index (χ4v) is 4.49. The number of ether oxygens (including phenoxy) is 2. The molecule has 0 bridgehead atoms. The molecule has 35 heavy (non-hydrogen) atoms. The molecular formula is C25H21N3O6S. The maximum absolute atomic E-state index is 12.6. The summed E-state index contributed by atoms with van der Waals surface area (Å²) < 4.78 is 10.7. The second-order valence-corrected chi connectivity index (χ2v) is 8.33. The fraction of sp³-hybridized carbons (Fsp3) is 0.160. The third-order valence-corrected chi connectivity index (χ3v) is 6.12. The standard InChI is InChI=1S/C25H21N3O6S/c1-4-11-27-22(30)18-10-9-16(12-19(18)23(27)31)24(32)34-13-17-14-35-25(26-17)28(15(2)29)20-7-5-6-8-21(20)33-3/h4-10,12,14H,1,11,13H2,2-3H3. The van der Waals surface area contributed by atoms with Gasteiger partial charge in [-0.3, -0.25) is 24.2 Å². The van der Waals surface area contributed by atoms with Crippen LogP contribution in [0.15, 0.2) is 60.5 Å². The minimum Gasteiger partial charge on any atom is -0.495 e. The van der Waals surface area contributed by atoms with Crippen LogP contribution in [0.2, 0.25) is 0 Å². The zero-order valence-corrected chi connectivity index (χ0v) is 19.8. The first-order valence-electron chi connectivity index (χ1n) is 10.5. The Balaban J connectivity index is 1.48. The second-order valence-electron chi connectivity index (χ2n) is 7.49. The smallest absolute Gasteiger partial charge is 0.338 e. The number of amides is 3. The molecule has 2 heterocycles. The van der Waals surface area contributed by atoms with Crippen LogP contribution in [0.25, 0.3) is 0 Å². The highest BCUT2D eigenvalue weighted by Crippen LogP contribution is 2.35. The van der Waals surface area contributed by atoms with Gasteiger partial charge in [0.1, 0.15) is 12.4 Å². The van der Waals surface area contributed by atoms with Gasteiger partial charge in [-0.25, -0.2) is 9.78 Å². The number of imide groups is 1. The predicted molar refractivity (Wildman–Crippen MR) is 129 cm³/mol. The third-order valence-electron chi connectivity index (χ3n) is 5.24. The van der Waals surface area contributed by atoms with Crippen molar-refractivity contribution in [3.63, 3.8) is 0 Å². The molecule has 0 unspecified atom stereocenters. The first kappa shape index (κ1) is 23.8. The normalized spacial score (nSPS) is 12.3. The van der Waals surface area contributed by atoms with Crippen molar-refractivity contribution in [2.75, 3.05) is 18.6 Å². The zero-order valence-electron chi connectivity index (χ0n) is 19.0. The number of esters is 1. The van der Waals surface area contributed by atoms with Crippen LogP contribution in [0.1, 0.15) is 43.7 Å². The molecule has 0 aliphatic carbocycles. The van der Waals surface area contributed by atoms with Gasteiger partial charge in [0.2, 0.25) is 5.91 Å². The van der Waals surface area contributed by atoms with Gasteiger partial charge < -0.3 is 9.47 Å². The molecule has 4 rings (SSSR count). The molecule has 0 radical (unpaired) electrons. The number of hydrogen-bond donors (Lipinski definition) is 0. The van der Waals surface area contributed by atoms with Crippen molar-refractivity contribution in [2.45, 2.75) is 13.5 Å². The molecule has 2 aromatic carbocycles. The highest BCUT2D eigenvalue weighted by atomic mass is 32.1. The van der Waals surface area contributed by atoms with E-state index >= 15 is 0 Å². The van der Waals surface area contributed by atoms with Gasteiger partial charge in [0.25, 0.3) is 11.8 Å². The SMILES string of the molecule is C=CCN1C(=O)c2ccc(C(=O)OCc3csc(N(C(C)=O)c4ccccc4OC)n3)cc2C1=O. The van der Waals surface area contributed by atoms with Gasteiger partial charge in [-0.1, -0.05) is 18.2 Å². The number of benzene rings is 2. The van der Waals surface area contributed by atoms with E-state index in [2.05, 4.69) is 11.6 Å². The molecule has 0 spiro atoms. The number of methoxy groups -OCH3 is 1. The summed E-state index contributed by atoms with van der Waals surface area (Å²) >= 11 is 1.22. The van der Waals surface area contributed by atoms with Crippen LogP contribution in [0, 0.1) is 0 Å². The first-order valence-corrected chi connectivity index (χ1v) is 11.4. The Kier molecular flexibility index (Phi) is 6.74. The van der Waals surface area contributed by atoms with E-state index in [4.69, 9.17) is 9.47 Å². The van der Waals surface area contributed by atoms with E-state index < -0.39 is 17.8 Å². The quantitative estimate of drug-likeness (QED) is 0.267. The number of aromatic nitrogens is 1. The van der Waals surface area contributed by atoms with Crippen LogP contribution in [0.3, 0.4) is 0 Å². The number of nitrogens with zero attached hydrogens (tertiary/aromatic N) is 3. The highest BCUT2D eigenvalue weighted by Gasteiger charge is 2.35. The monoisotopic (exact) mass is 491 g/mol. The van der Waals surface area contributed by atoms with Gasteiger partial charge >= 0.3 is 5.97 Å². The van der Waals surface area contributed by atoms with Crippen molar-refractivity contribution < 1.29 is 28.7 Å². The Hall–Kier alpha value is -4.31. The van der Waals surface area contributed by atoms with Crippen molar-refractivity contribution in [1.29, 1.82) is 0 Å². The second kappa shape index (κ2) is 9.90. The number of para-hydroxylation sites is 2. The highest BCUT2D eigenvalue weighted by molar-refractivity contribution is 7.14. The summed E-state index contributed by atoms with van der Waals surface area (Å²) in [6.45, 7) is 4.92. The minimum atomic E-state index is -0.669. The average molecular weight is 492 g/mol. The van der Waals surface area contributed by atoms with E-state index in [1.165, 1.54) is 54.5 Å². The van der Waals surface area contributed by atoms with Crippen LogP contribution in [0.5, 0.6) is 5.75 Å². The number of carbonyl (C=O) groups is 4. The summed E-state index contributed by atoms with van der Waals surface area (Å²) in [5.74, 6) is -1.32. The van der Waals surface area contributed by atoms with Crippen LogP contribution in [0.4, 0.5) is 10.8 Å². The van der Waals surface area contributed by atoms with Gasteiger partial charge in [0, 0.05) is 18.8 Å². The fourth-order valence-electron chi connectivity index (χ4n) is 3.62. The van der Waals surface area contributed by atoms with Crippen LogP contribution in [-0.2, 0) is 16.1 Å². The Bertz CT molecular complexity index is 1350. The van der Waals surface area contributed by atoms with Gasteiger partial charge in [0.05, 0.1) is 35.2 Å². The van der Waals surface area contributed by atoms with Crippen molar-refractivity contribution in [2.24, 2.45) is 0 Å². The topological polar surface area (TPSA) is 106 Å². The molecule has 0 fully saturated rings. The summed E-state index contributed by atoms with van der Waals surface area (Å²) in [6.07, 6.45) is 1.46. The van der Waals surface area contributed by atoms with Gasteiger partial charge in [-0.15, -0.1) is 17.9 Å². The van der Waals surface area contributed by atoms with Crippen molar-refractivity contribution in [3.05, 3.63) is 82.9 Å². The first-order chi connectivity index (χ1) is 16.8. The molecule has 3 amide bonds. The summed E-state index contributed by atoms with van der Waals surface area (Å²) in [4.78, 5) is 56.7. The van der Waals surface area contributed by atoms with E-state index in [9.17, 15) is 19.2 Å². The predicted octanol–water partition coefficient (Wildman–Crippen LogP) is 3.98. The summed E-state index contributed by atoms with van der Waals surface area (Å²) in [5.41, 5.74) is 1.52. The van der Waals surface area contributed by atoms with Crippen molar-refractivity contribution in [1.82, 2.24) is 9.88 Å². The van der Waals surface area contributed by atoms with Crippen molar-refractivity contribution >= 4 is 45.8 Å². The lowest BCUT2D eigenvalue weighted by Crippen LogP contribution is -2.29. The lowest BCUT2D eigenvalue weighted by Gasteiger charge is -2.20. The Morgan fingerprint density at radius 1 is 1.14 bits per heavy atom. The molecule has 0 saturated heterocycles. The number of thiazole rings is 1. The molecule has 0 N–H and O–H groups in total. The van der Waals surface area contributed by atoms with E-state index in [0.29, 0.717) is 22.3 Å². The molecule has 10 heteroatoms. The van der Waals surface area contributed by atoms with E-state index in [1.807, 2.05) is 0 Å².